The van der Waals surface area contributed by atoms with Crippen LogP contribution < -0.4 is 15.5 Å². The lowest BCUT2D eigenvalue weighted by molar-refractivity contribution is -0.117. The summed E-state index contributed by atoms with van der Waals surface area (Å²) < 4.78 is 5.15. The highest BCUT2D eigenvalue weighted by atomic mass is 35.5. The fraction of sp³-hybridized carbons (Fsp3) is 0.0417. The highest BCUT2D eigenvalue weighted by Crippen LogP contribution is 2.24. The number of hydrogen-bond acceptors (Lipinski definition) is 4. The summed E-state index contributed by atoms with van der Waals surface area (Å²) >= 11 is 12.1. The average molecular weight is 468 g/mol. The number of hydrazone groups is 1. The molecule has 2 N–H and O–H groups in total. The third-order valence-corrected chi connectivity index (χ3v) is 5.14. The number of hydrogen-bond donors (Lipinski definition) is 2. The summed E-state index contributed by atoms with van der Waals surface area (Å²) in [6, 6.07) is 20.7. The molecule has 0 aliphatic rings. The van der Waals surface area contributed by atoms with Gasteiger partial charge >= 0.3 is 0 Å². The van der Waals surface area contributed by atoms with Crippen molar-refractivity contribution in [3.63, 3.8) is 0 Å². The fourth-order valence-electron chi connectivity index (χ4n) is 2.65. The van der Waals surface area contributed by atoms with Gasteiger partial charge in [-0.15, -0.1) is 0 Å². The largest absolute Gasteiger partial charge is 0.497 e. The molecule has 8 heteroatoms. The third-order valence-electron chi connectivity index (χ3n) is 4.31. The van der Waals surface area contributed by atoms with Crippen LogP contribution in [0.1, 0.15) is 21.5 Å². The van der Waals surface area contributed by atoms with Crippen molar-refractivity contribution < 1.29 is 14.3 Å². The minimum atomic E-state index is -0.612. The smallest absolute Gasteiger partial charge is 0.287 e. The highest BCUT2D eigenvalue weighted by molar-refractivity contribution is 6.43. The number of halogens is 2. The minimum Gasteiger partial charge on any atom is -0.497 e. The molecule has 3 aromatic carbocycles. The van der Waals surface area contributed by atoms with Gasteiger partial charge < -0.3 is 10.1 Å². The summed E-state index contributed by atoms with van der Waals surface area (Å²) in [6.45, 7) is 0. The van der Waals surface area contributed by atoms with Crippen molar-refractivity contribution >= 4 is 47.3 Å². The molecule has 0 heterocycles. The molecule has 0 bridgehead atoms. The van der Waals surface area contributed by atoms with Crippen LogP contribution in [0.4, 0.5) is 0 Å². The molecular formula is C24H19Cl2N3O3. The third kappa shape index (κ3) is 6.20. The predicted molar refractivity (Wildman–Crippen MR) is 127 cm³/mol. The fourth-order valence-corrected chi connectivity index (χ4v) is 3.01. The van der Waals surface area contributed by atoms with Crippen LogP contribution in [0, 0.1) is 0 Å². The zero-order chi connectivity index (χ0) is 22.9. The van der Waals surface area contributed by atoms with E-state index in [4.69, 9.17) is 27.9 Å². The lowest BCUT2D eigenvalue weighted by atomic mass is 10.1. The molecule has 3 aromatic rings. The van der Waals surface area contributed by atoms with Crippen molar-refractivity contribution in [3.8, 4) is 5.75 Å². The Balaban J connectivity index is 1.82. The molecule has 0 aliphatic carbocycles. The van der Waals surface area contributed by atoms with E-state index < -0.39 is 11.8 Å². The van der Waals surface area contributed by atoms with E-state index in [0.717, 1.165) is 0 Å². The Morgan fingerprint density at radius 2 is 1.66 bits per heavy atom. The van der Waals surface area contributed by atoms with Crippen LogP contribution >= 0.6 is 23.2 Å². The summed E-state index contributed by atoms with van der Waals surface area (Å²) in [7, 11) is 1.56. The second kappa shape index (κ2) is 11.1. The standard InChI is InChI=1S/C24H19Cl2N3O3/c1-32-19-12-10-16(11-13-19)14-21(28-23(30)17-6-3-2-4-7-17)24(31)29-27-15-18-8-5-9-20(25)22(18)26/h2-15H,1H3,(H,28,30)(H,29,31)/b21-14-,27-15-. The van der Waals surface area contributed by atoms with Crippen LogP contribution in [0.3, 0.4) is 0 Å². The first-order chi connectivity index (χ1) is 15.5. The molecule has 0 atom stereocenters. The maximum Gasteiger partial charge on any atom is 0.287 e. The van der Waals surface area contributed by atoms with Crippen molar-refractivity contribution in [2.75, 3.05) is 7.11 Å². The molecule has 0 spiro atoms. The number of rotatable bonds is 7. The van der Waals surface area contributed by atoms with Gasteiger partial charge in [0.2, 0.25) is 0 Å². The van der Waals surface area contributed by atoms with Crippen molar-refractivity contribution in [1.29, 1.82) is 0 Å². The van der Waals surface area contributed by atoms with Gasteiger partial charge in [0, 0.05) is 11.1 Å². The maximum atomic E-state index is 12.8. The molecule has 32 heavy (non-hydrogen) atoms. The van der Waals surface area contributed by atoms with Crippen LogP contribution in [-0.4, -0.2) is 25.1 Å². The Kier molecular flexibility index (Phi) is 8.02. The van der Waals surface area contributed by atoms with Crippen LogP contribution in [0.25, 0.3) is 6.08 Å². The number of nitrogens with zero attached hydrogens (tertiary/aromatic N) is 1. The maximum absolute atomic E-state index is 12.8. The normalized spacial score (nSPS) is 11.3. The first kappa shape index (κ1) is 23.1. The molecule has 3 rings (SSSR count). The zero-order valence-electron chi connectivity index (χ0n) is 17.0. The molecule has 0 unspecified atom stereocenters. The number of carbonyl (C=O) groups excluding carboxylic acids is 2. The number of carbonyl (C=O) groups is 2. The highest BCUT2D eigenvalue weighted by Gasteiger charge is 2.14. The summed E-state index contributed by atoms with van der Waals surface area (Å²) in [4.78, 5) is 25.4. The van der Waals surface area contributed by atoms with Crippen molar-refractivity contribution in [2.45, 2.75) is 0 Å². The molecule has 0 radical (unpaired) electrons. The average Bonchev–Trinajstić information content (AvgIpc) is 2.82. The first-order valence-electron chi connectivity index (χ1n) is 9.47. The van der Waals surface area contributed by atoms with E-state index >= 15 is 0 Å². The quantitative estimate of drug-likeness (QED) is 0.294. The summed E-state index contributed by atoms with van der Waals surface area (Å²) in [5.74, 6) is -0.369. The van der Waals surface area contributed by atoms with E-state index in [0.29, 0.717) is 32.5 Å². The monoisotopic (exact) mass is 467 g/mol. The molecule has 0 fully saturated rings. The summed E-state index contributed by atoms with van der Waals surface area (Å²) in [5, 5.41) is 7.26. The second-order valence-corrected chi connectivity index (χ2v) is 7.28. The molecule has 0 aliphatic heterocycles. The van der Waals surface area contributed by atoms with Crippen LogP contribution in [-0.2, 0) is 4.79 Å². The summed E-state index contributed by atoms with van der Waals surface area (Å²) in [5.41, 5.74) is 4.05. The van der Waals surface area contributed by atoms with Crippen LogP contribution in [0.15, 0.2) is 83.6 Å². The van der Waals surface area contributed by atoms with Crippen molar-refractivity contribution in [3.05, 3.63) is 105 Å². The van der Waals surface area contributed by atoms with E-state index in [1.54, 1.807) is 79.9 Å². The molecule has 162 valence electrons. The van der Waals surface area contributed by atoms with E-state index in [2.05, 4.69) is 15.8 Å². The van der Waals surface area contributed by atoms with Gasteiger partial charge in [-0.05, 0) is 42.0 Å². The number of nitrogens with one attached hydrogen (secondary N) is 2. The van der Waals surface area contributed by atoms with E-state index in [-0.39, 0.29) is 5.70 Å². The van der Waals surface area contributed by atoms with Crippen LogP contribution in [0.2, 0.25) is 10.0 Å². The molecule has 0 aromatic heterocycles. The Labute approximate surface area is 195 Å². The Bertz CT molecular complexity index is 1160. The summed E-state index contributed by atoms with van der Waals surface area (Å²) in [6.07, 6.45) is 2.91. The number of methoxy groups -OCH3 is 1. The van der Waals surface area contributed by atoms with Gasteiger partial charge in [-0.3, -0.25) is 9.59 Å². The Morgan fingerprint density at radius 1 is 0.938 bits per heavy atom. The molecule has 2 amide bonds. The second-order valence-electron chi connectivity index (χ2n) is 6.49. The Morgan fingerprint density at radius 3 is 2.34 bits per heavy atom. The van der Waals surface area contributed by atoms with Gasteiger partial charge in [-0.1, -0.05) is 65.7 Å². The number of amides is 2. The molecule has 0 saturated carbocycles. The number of benzene rings is 3. The van der Waals surface area contributed by atoms with Crippen molar-refractivity contribution in [2.24, 2.45) is 5.10 Å². The van der Waals surface area contributed by atoms with Gasteiger partial charge in [0.15, 0.2) is 0 Å². The number of ether oxygens (including phenoxy) is 1. The van der Waals surface area contributed by atoms with E-state index in [1.807, 2.05) is 0 Å². The van der Waals surface area contributed by atoms with Gasteiger partial charge in [0.25, 0.3) is 11.8 Å². The zero-order valence-corrected chi connectivity index (χ0v) is 18.5. The van der Waals surface area contributed by atoms with Crippen molar-refractivity contribution in [1.82, 2.24) is 10.7 Å². The predicted octanol–water partition coefficient (Wildman–Crippen LogP) is 4.92. The van der Waals surface area contributed by atoms with Gasteiger partial charge in [-0.25, -0.2) is 5.43 Å². The molecule has 0 saturated heterocycles. The lowest BCUT2D eigenvalue weighted by Gasteiger charge is -2.09. The van der Waals surface area contributed by atoms with Gasteiger partial charge in [0.05, 0.1) is 23.4 Å². The van der Waals surface area contributed by atoms with Crippen LogP contribution in [0.5, 0.6) is 5.75 Å². The van der Waals surface area contributed by atoms with Gasteiger partial charge in [-0.2, -0.15) is 5.10 Å². The molecular weight excluding hydrogens is 449 g/mol. The minimum absolute atomic E-state index is 0.0124. The van der Waals surface area contributed by atoms with E-state index in [9.17, 15) is 9.59 Å². The van der Waals surface area contributed by atoms with E-state index in [1.165, 1.54) is 12.3 Å². The Hall–Kier alpha value is -3.61. The van der Waals surface area contributed by atoms with Gasteiger partial charge in [0.1, 0.15) is 11.4 Å². The lowest BCUT2D eigenvalue weighted by Crippen LogP contribution is -2.32. The SMILES string of the molecule is COc1ccc(/C=C(\NC(=O)c2ccccc2)C(=O)N/N=C\c2cccc(Cl)c2Cl)cc1. The topological polar surface area (TPSA) is 79.8 Å². The molecule has 6 nitrogen and oxygen atoms in total. The first-order valence-corrected chi connectivity index (χ1v) is 10.2.